The third-order valence-corrected chi connectivity index (χ3v) is 2.74. The summed E-state index contributed by atoms with van der Waals surface area (Å²) in [6, 6.07) is 0. The van der Waals surface area contributed by atoms with Crippen molar-refractivity contribution in [2.24, 2.45) is 0 Å². The average Bonchev–Trinajstić information content (AvgIpc) is 3.04. The standard InChI is InChI=1S/C9H7N9/c10-6-4(1-14-15-6)8-16-17-9-5-7(12-2-11-5)13-3-18(8)9/h1-3H,(H,11,12)(H3,10,14,15). The predicted octanol–water partition coefficient (Wildman–Crippen LogP) is -0.0271. The second-order valence-electron chi connectivity index (χ2n) is 3.76. The number of fused-ring (bicyclic) bond motifs is 3. The Morgan fingerprint density at radius 1 is 1.22 bits per heavy atom. The second-order valence-corrected chi connectivity index (χ2v) is 3.76. The minimum atomic E-state index is 0.439. The fourth-order valence-corrected chi connectivity index (χ4v) is 1.89. The number of nitrogen functional groups attached to an aromatic ring is 1. The molecular weight excluding hydrogens is 234 g/mol. The van der Waals surface area contributed by atoms with Gasteiger partial charge in [-0.15, -0.1) is 10.2 Å². The molecule has 0 fully saturated rings. The van der Waals surface area contributed by atoms with Crippen LogP contribution in [-0.2, 0) is 0 Å². The van der Waals surface area contributed by atoms with Gasteiger partial charge in [0.05, 0.1) is 18.1 Å². The van der Waals surface area contributed by atoms with Crippen LogP contribution >= 0.6 is 0 Å². The van der Waals surface area contributed by atoms with Gasteiger partial charge in [-0.05, 0) is 0 Å². The van der Waals surface area contributed by atoms with E-state index >= 15 is 0 Å². The molecule has 4 aromatic rings. The first-order chi connectivity index (χ1) is 8.84. The van der Waals surface area contributed by atoms with Crippen LogP contribution in [0.5, 0.6) is 0 Å². The van der Waals surface area contributed by atoms with Gasteiger partial charge in [0.1, 0.15) is 17.7 Å². The molecule has 18 heavy (non-hydrogen) atoms. The molecule has 0 spiro atoms. The summed E-state index contributed by atoms with van der Waals surface area (Å²) in [5.74, 6) is 1.02. The van der Waals surface area contributed by atoms with Crippen LogP contribution in [0.15, 0.2) is 18.9 Å². The van der Waals surface area contributed by atoms with Gasteiger partial charge in [-0.1, -0.05) is 0 Å². The van der Waals surface area contributed by atoms with Gasteiger partial charge in [0.25, 0.3) is 0 Å². The zero-order chi connectivity index (χ0) is 12.1. The van der Waals surface area contributed by atoms with Crippen molar-refractivity contribution in [2.75, 3.05) is 5.73 Å². The van der Waals surface area contributed by atoms with Crippen LogP contribution < -0.4 is 5.73 Å². The lowest BCUT2D eigenvalue weighted by molar-refractivity contribution is 1.09. The number of imidazole rings is 1. The van der Waals surface area contributed by atoms with Crippen molar-refractivity contribution in [3.63, 3.8) is 0 Å². The molecule has 0 saturated carbocycles. The molecule has 0 atom stereocenters. The van der Waals surface area contributed by atoms with E-state index in [1.54, 1.807) is 23.3 Å². The highest BCUT2D eigenvalue weighted by Crippen LogP contribution is 2.23. The fraction of sp³-hybridized carbons (Fsp3) is 0. The molecule has 0 unspecified atom stereocenters. The molecule has 0 radical (unpaired) electrons. The monoisotopic (exact) mass is 241 g/mol. The lowest BCUT2D eigenvalue weighted by atomic mass is 10.3. The van der Waals surface area contributed by atoms with E-state index in [2.05, 4.69) is 35.3 Å². The number of hydrogen-bond acceptors (Lipinski definition) is 6. The first-order valence-corrected chi connectivity index (χ1v) is 5.16. The quantitative estimate of drug-likeness (QED) is 0.429. The molecule has 0 aromatic carbocycles. The van der Waals surface area contributed by atoms with E-state index < -0.39 is 0 Å². The zero-order valence-corrected chi connectivity index (χ0v) is 8.99. The van der Waals surface area contributed by atoms with Crippen LogP contribution in [0.2, 0.25) is 0 Å². The maximum Gasteiger partial charge on any atom is 0.190 e. The maximum absolute atomic E-state index is 5.78. The summed E-state index contributed by atoms with van der Waals surface area (Å²) >= 11 is 0. The highest BCUT2D eigenvalue weighted by molar-refractivity contribution is 5.86. The number of nitrogens with two attached hydrogens (primary N) is 1. The Balaban J connectivity index is 2.11. The van der Waals surface area contributed by atoms with Crippen LogP contribution in [-0.4, -0.2) is 39.7 Å². The Hall–Kier alpha value is -2.97. The molecule has 9 nitrogen and oxygen atoms in total. The van der Waals surface area contributed by atoms with E-state index in [0.717, 1.165) is 5.52 Å². The number of hydrogen-bond donors (Lipinski definition) is 3. The summed E-state index contributed by atoms with van der Waals surface area (Å²) < 4.78 is 1.74. The number of aromatic nitrogens is 8. The molecule has 0 aliphatic heterocycles. The molecule has 4 heterocycles. The van der Waals surface area contributed by atoms with Gasteiger partial charge < -0.3 is 10.7 Å². The predicted molar refractivity (Wildman–Crippen MR) is 62.4 cm³/mol. The Labute approximate surface area is 99.1 Å². The number of H-pyrrole nitrogens is 2. The van der Waals surface area contributed by atoms with Gasteiger partial charge >= 0.3 is 0 Å². The van der Waals surface area contributed by atoms with Gasteiger partial charge in [0.2, 0.25) is 0 Å². The third kappa shape index (κ3) is 1.02. The fourth-order valence-electron chi connectivity index (χ4n) is 1.89. The van der Waals surface area contributed by atoms with Gasteiger partial charge in [-0.3, -0.25) is 9.50 Å². The lowest BCUT2D eigenvalue weighted by Crippen LogP contribution is -1.94. The summed E-state index contributed by atoms with van der Waals surface area (Å²) in [5, 5.41) is 14.8. The summed E-state index contributed by atoms with van der Waals surface area (Å²) in [7, 11) is 0. The number of anilines is 1. The number of aromatic amines is 2. The maximum atomic E-state index is 5.78. The van der Waals surface area contributed by atoms with Crippen LogP contribution in [0.25, 0.3) is 28.2 Å². The van der Waals surface area contributed by atoms with E-state index in [0.29, 0.717) is 28.5 Å². The summed E-state index contributed by atoms with van der Waals surface area (Å²) in [6.07, 6.45) is 4.78. The topological polar surface area (TPSA) is 126 Å². The van der Waals surface area contributed by atoms with Crippen molar-refractivity contribution < 1.29 is 0 Å². The molecule has 0 bridgehead atoms. The molecule has 0 saturated heterocycles. The van der Waals surface area contributed by atoms with Crippen molar-refractivity contribution in [3.8, 4) is 11.4 Å². The summed E-state index contributed by atoms with van der Waals surface area (Å²) in [5.41, 5.74) is 8.44. The van der Waals surface area contributed by atoms with Crippen LogP contribution in [0.4, 0.5) is 5.82 Å². The zero-order valence-electron chi connectivity index (χ0n) is 8.99. The SMILES string of the molecule is Nc1[nH]ncc1-c1nnc2c3[nH]cnc3ncn12. The van der Waals surface area contributed by atoms with E-state index in [1.807, 2.05) is 0 Å². The second kappa shape index (κ2) is 3.03. The first-order valence-electron chi connectivity index (χ1n) is 5.16. The van der Waals surface area contributed by atoms with E-state index in [1.165, 1.54) is 0 Å². The van der Waals surface area contributed by atoms with Crippen molar-refractivity contribution in [3.05, 3.63) is 18.9 Å². The minimum Gasteiger partial charge on any atom is -0.383 e. The largest absolute Gasteiger partial charge is 0.383 e. The first kappa shape index (κ1) is 9.10. The van der Waals surface area contributed by atoms with Gasteiger partial charge in [-0.2, -0.15) is 5.10 Å². The van der Waals surface area contributed by atoms with Crippen molar-refractivity contribution >= 4 is 22.6 Å². The molecule has 88 valence electrons. The molecule has 4 rings (SSSR count). The minimum absolute atomic E-state index is 0.439. The van der Waals surface area contributed by atoms with Crippen molar-refractivity contribution in [1.29, 1.82) is 0 Å². The number of rotatable bonds is 1. The summed E-state index contributed by atoms with van der Waals surface area (Å²) in [6.45, 7) is 0. The highest BCUT2D eigenvalue weighted by atomic mass is 15.3. The molecule has 4 N–H and O–H groups in total. The smallest absolute Gasteiger partial charge is 0.190 e. The Kier molecular flexibility index (Phi) is 1.53. The summed E-state index contributed by atoms with van der Waals surface area (Å²) in [4.78, 5) is 11.3. The van der Waals surface area contributed by atoms with E-state index in [-0.39, 0.29) is 0 Å². The van der Waals surface area contributed by atoms with Crippen molar-refractivity contribution in [1.82, 2.24) is 39.7 Å². The molecule has 0 amide bonds. The Bertz CT molecular complexity index is 851. The van der Waals surface area contributed by atoms with Gasteiger partial charge in [-0.25, -0.2) is 9.97 Å². The molecule has 4 aromatic heterocycles. The highest BCUT2D eigenvalue weighted by Gasteiger charge is 2.15. The number of nitrogens with zero attached hydrogens (tertiary/aromatic N) is 6. The molecule has 9 heteroatoms. The number of nitrogens with one attached hydrogen (secondary N) is 2. The van der Waals surface area contributed by atoms with Crippen LogP contribution in [0.1, 0.15) is 0 Å². The Morgan fingerprint density at radius 3 is 3.00 bits per heavy atom. The van der Waals surface area contributed by atoms with E-state index in [9.17, 15) is 0 Å². The Morgan fingerprint density at radius 2 is 2.17 bits per heavy atom. The molecular formula is C9H7N9. The van der Waals surface area contributed by atoms with Crippen molar-refractivity contribution in [2.45, 2.75) is 0 Å². The lowest BCUT2D eigenvalue weighted by Gasteiger charge is -1.97. The average molecular weight is 241 g/mol. The van der Waals surface area contributed by atoms with Crippen LogP contribution in [0, 0.1) is 0 Å². The van der Waals surface area contributed by atoms with Gasteiger partial charge in [0.15, 0.2) is 17.1 Å². The van der Waals surface area contributed by atoms with Gasteiger partial charge in [0, 0.05) is 0 Å². The third-order valence-electron chi connectivity index (χ3n) is 2.74. The van der Waals surface area contributed by atoms with Crippen LogP contribution in [0.3, 0.4) is 0 Å². The van der Waals surface area contributed by atoms with E-state index in [4.69, 9.17) is 5.73 Å². The molecule has 0 aliphatic rings. The normalized spacial score (nSPS) is 11.6. The molecule has 0 aliphatic carbocycles.